The van der Waals surface area contributed by atoms with Gasteiger partial charge in [0.2, 0.25) is 0 Å². The molecule has 0 aliphatic heterocycles. The second kappa shape index (κ2) is 2.57. The van der Waals surface area contributed by atoms with Gasteiger partial charge in [0.05, 0.1) is 13.2 Å². The molecule has 0 aromatic carbocycles. The van der Waals surface area contributed by atoms with Crippen molar-refractivity contribution in [3.63, 3.8) is 0 Å². The molecule has 1 atom stereocenters. The van der Waals surface area contributed by atoms with E-state index in [1.165, 1.54) is 17.6 Å². The first-order valence-electron chi connectivity index (χ1n) is 4.65. The van der Waals surface area contributed by atoms with Crippen LogP contribution >= 0.6 is 0 Å². The van der Waals surface area contributed by atoms with Crippen LogP contribution in [0.2, 0.25) is 0 Å². The third-order valence-corrected chi connectivity index (χ3v) is 3.78. The van der Waals surface area contributed by atoms with E-state index in [1.807, 2.05) is 0 Å². The Balaban J connectivity index is 2.34. The van der Waals surface area contributed by atoms with Crippen molar-refractivity contribution >= 4 is 0 Å². The van der Waals surface area contributed by atoms with Gasteiger partial charge in [-0.2, -0.15) is 0 Å². The maximum atomic E-state index is 9.27. The van der Waals surface area contributed by atoms with E-state index in [2.05, 4.69) is 6.92 Å². The van der Waals surface area contributed by atoms with Crippen molar-refractivity contribution in [2.45, 2.75) is 26.2 Å². The van der Waals surface area contributed by atoms with Gasteiger partial charge in [0.1, 0.15) is 0 Å². The van der Waals surface area contributed by atoms with E-state index in [0.29, 0.717) is 5.92 Å². The van der Waals surface area contributed by atoms with Crippen LogP contribution in [0, 0.1) is 11.3 Å². The minimum atomic E-state index is -0.220. The fraction of sp³-hybridized carbons (Fsp3) is 0.800. The smallest absolute Gasteiger partial charge is 0.0549 e. The third-order valence-electron chi connectivity index (χ3n) is 3.78. The second-order valence-corrected chi connectivity index (χ2v) is 4.17. The van der Waals surface area contributed by atoms with Crippen LogP contribution in [0.25, 0.3) is 0 Å². The van der Waals surface area contributed by atoms with Gasteiger partial charge in [-0.25, -0.2) is 0 Å². The molecule has 2 heteroatoms. The lowest BCUT2D eigenvalue weighted by molar-refractivity contribution is -0.0249. The quantitative estimate of drug-likeness (QED) is 0.606. The van der Waals surface area contributed by atoms with Gasteiger partial charge in [0, 0.05) is 5.41 Å². The molecule has 3 aliphatic rings. The summed E-state index contributed by atoms with van der Waals surface area (Å²) in [7, 11) is 0. The zero-order valence-electron chi connectivity index (χ0n) is 7.51. The van der Waals surface area contributed by atoms with Crippen molar-refractivity contribution in [1.82, 2.24) is 0 Å². The van der Waals surface area contributed by atoms with Crippen LogP contribution < -0.4 is 0 Å². The lowest BCUT2D eigenvalue weighted by Gasteiger charge is -2.54. The van der Waals surface area contributed by atoms with Crippen LogP contribution in [0.1, 0.15) is 26.2 Å². The van der Waals surface area contributed by atoms with Crippen molar-refractivity contribution < 1.29 is 10.2 Å². The average molecular weight is 168 g/mol. The van der Waals surface area contributed by atoms with Crippen molar-refractivity contribution in [3.8, 4) is 0 Å². The molecule has 0 aromatic heterocycles. The van der Waals surface area contributed by atoms with Crippen LogP contribution in [0.5, 0.6) is 0 Å². The van der Waals surface area contributed by atoms with Crippen LogP contribution in [0.4, 0.5) is 0 Å². The van der Waals surface area contributed by atoms with E-state index >= 15 is 0 Å². The average Bonchev–Trinajstić information content (AvgIpc) is 2.06. The number of rotatable bonds is 2. The van der Waals surface area contributed by atoms with Gasteiger partial charge in [0.15, 0.2) is 0 Å². The van der Waals surface area contributed by atoms with Crippen molar-refractivity contribution in [1.29, 1.82) is 0 Å². The van der Waals surface area contributed by atoms with Gasteiger partial charge < -0.3 is 10.2 Å². The maximum Gasteiger partial charge on any atom is 0.0549 e. The molecule has 0 spiro atoms. The second-order valence-electron chi connectivity index (χ2n) is 4.17. The molecule has 1 unspecified atom stereocenters. The maximum absolute atomic E-state index is 9.27. The summed E-state index contributed by atoms with van der Waals surface area (Å²) >= 11 is 0. The number of aliphatic hydroxyl groups excluding tert-OH is 2. The molecule has 3 rings (SSSR count). The Kier molecular flexibility index (Phi) is 1.77. The SMILES string of the molecule is CC1=C2CC(CC1)C2(CO)CO. The number of allylic oxidation sites excluding steroid dienone is 1. The summed E-state index contributed by atoms with van der Waals surface area (Å²) in [5.41, 5.74) is 2.52. The summed E-state index contributed by atoms with van der Waals surface area (Å²) in [6, 6.07) is 0. The standard InChI is InChI=1S/C10H16O2/c1-7-2-3-8-4-9(7)10(8,5-11)6-12/h8,11-12H,2-6H2,1H3. The predicted molar refractivity (Wildman–Crippen MR) is 46.6 cm³/mol. The Morgan fingerprint density at radius 2 is 2.08 bits per heavy atom. The van der Waals surface area contributed by atoms with E-state index in [0.717, 1.165) is 12.8 Å². The van der Waals surface area contributed by atoms with E-state index in [4.69, 9.17) is 0 Å². The van der Waals surface area contributed by atoms with Gasteiger partial charge >= 0.3 is 0 Å². The molecule has 12 heavy (non-hydrogen) atoms. The molecule has 3 aliphatic carbocycles. The van der Waals surface area contributed by atoms with Gasteiger partial charge in [-0.05, 0) is 32.1 Å². The molecule has 1 saturated carbocycles. The van der Waals surface area contributed by atoms with Crippen LogP contribution in [-0.2, 0) is 0 Å². The molecular formula is C10H16O2. The van der Waals surface area contributed by atoms with Gasteiger partial charge in [-0.15, -0.1) is 0 Å². The van der Waals surface area contributed by atoms with E-state index in [9.17, 15) is 10.2 Å². The van der Waals surface area contributed by atoms with Crippen LogP contribution in [-0.4, -0.2) is 23.4 Å². The molecule has 2 N–H and O–H groups in total. The predicted octanol–water partition coefficient (Wildman–Crippen LogP) is 1.09. The molecule has 0 amide bonds. The Bertz CT molecular complexity index is 226. The molecule has 0 heterocycles. The Morgan fingerprint density at radius 3 is 2.42 bits per heavy atom. The van der Waals surface area contributed by atoms with Crippen molar-refractivity contribution in [3.05, 3.63) is 11.1 Å². The molecule has 0 aromatic rings. The fourth-order valence-electron chi connectivity index (χ4n) is 2.78. The highest BCUT2D eigenvalue weighted by molar-refractivity contribution is 5.35. The summed E-state index contributed by atoms with van der Waals surface area (Å²) in [6.45, 7) is 2.38. The molecule has 0 radical (unpaired) electrons. The first kappa shape index (κ1) is 8.27. The van der Waals surface area contributed by atoms with Crippen LogP contribution in [0.3, 0.4) is 0 Å². The number of fused-ring (bicyclic) bond motifs is 2. The molecule has 0 saturated heterocycles. The van der Waals surface area contributed by atoms with E-state index in [-0.39, 0.29) is 18.6 Å². The van der Waals surface area contributed by atoms with E-state index in [1.54, 1.807) is 0 Å². The minimum absolute atomic E-state index is 0.126. The summed E-state index contributed by atoms with van der Waals surface area (Å²) in [5, 5.41) is 18.5. The summed E-state index contributed by atoms with van der Waals surface area (Å²) in [4.78, 5) is 0. The normalized spacial score (nSPS) is 31.8. The Hall–Kier alpha value is -0.340. The largest absolute Gasteiger partial charge is 0.395 e. The highest BCUT2D eigenvalue weighted by atomic mass is 16.3. The topological polar surface area (TPSA) is 40.5 Å². The molecule has 1 fully saturated rings. The summed E-state index contributed by atoms with van der Waals surface area (Å²) < 4.78 is 0. The highest BCUT2D eigenvalue weighted by Gasteiger charge is 2.52. The summed E-state index contributed by atoms with van der Waals surface area (Å²) in [5.74, 6) is 0.547. The Morgan fingerprint density at radius 1 is 1.42 bits per heavy atom. The molecule has 68 valence electrons. The minimum Gasteiger partial charge on any atom is -0.395 e. The first-order valence-corrected chi connectivity index (χ1v) is 4.65. The third kappa shape index (κ3) is 0.771. The lowest BCUT2D eigenvalue weighted by Crippen LogP contribution is -2.51. The van der Waals surface area contributed by atoms with Crippen molar-refractivity contribution in [2.75, 3.05) is 13.2 Å². The number of hydrogen-bond donors (Lipinski definition) is 2. The zero-order chi connectivity index (χ0) is 8.77. The van der Waals surface area contributed by atoms with Crippen molar-refractivity contribution in [2.24, 2.45) is 11.3 Å². The Labute approximate surface area is 72.9 Å². The van der Waals surface area contributed by atoms with Gasteiger partial charge in [-0.3, -0.25) is 0 Å². The lowest BCUT2D eigenvalue weighted by atomic mass is 9.51. The van der Waals surface area contributed by atoms with Gasteiger partial charge in [-0.1, -0.05) is 11.1 Å². The molecule has 2 bridgehead atoms. The monoisotopic (exact) mass is 168 g/mol. The first-order chi connectivity index (χ1) is 5.74. The highest BCUT2D eigenvalue weighted by Crippen LogP contribution is 2.58. The molecule has 2 nitrogen and oxygen atoms in total. The summed E-state index contributed by atoms with van der Waals surface area (Å²) in [6.07, 6.45) is 3.44. The zero-order valence-corrected chi connectivity index (χ0v) is 7.51. The van der Waals surface area contributed by atoms with Gasteiger partial charge in [0.25, 0.3) is 0 Å². The number of hydrogen-bond acceptors (Lipinski definition) is 2. The molecular weight excluding hydrogens is 152 g/mol. The van der Waals surface area contributed by atoms with E-state index < -0.39 is 0 Å². The van der Waals surface area contributed by atoms with Crippen LogP contribution in [0.15, 0.2) is 11.1 Å². The number of aliphatic hydroxyl groups is 2. The fourth-order valence-corrected chi connectivity index (χ4v) is 2.78.